The van der Waals surface area contributed by atoms with Crippen molar-refractivity contribution in [3.8, 4) is 0 Å². The summed E-state index contributed by atoms with van der Waals surface area (Å²) in [6.07, 6.45) is 10.8. The molecule has 2 atom stereocenters. The molecule has 0 radical (unpaired) electrons. The summed E-state index contributed by atoms with van der Waals surface area (Å²) in [5, 5.41) is 6.49. The van der Waals surface area contributed by atoms with Crippen LogP contribution in [0.15, 0.2) is 33.8 Å². The maximum absolute atomic E-state index is 6.19. The molecule has 6 nitrogen and oxygen atoms in total. The molecule has 1 saturated heterocycles. The number of hydrogen-bond donors (Lipinski definition) is 2. The first-order chi connectivity index (χ1) is 13.7. The lowest BCUT2D eigenvalue weighted by molar-refractivity contribution is 0.461. The Labute approximate surface area is 171 Å². The third-order valence-corrected chi connectivity index (χ3v) is 5.97. The largest absolute Gasteiger partial charge is 0.382 e. The molecule has 3 N–H and O–H groups in total. The predicted molar refractivity (Wildman–Crippen MR) is 118 cm³/mol. The van der Waals surface area contributed by atoms with E-state index in [-0.39, 0.29) is 6.04 Å². The number of nitrogens with zero attached hydrogens (tertiary/aromatic N) is 4. The molecule has 2 aromatic heterocycles. The summed E-state index contributed by atoms with van der Waals surface area (Å²) in [6.45, 7) is 6.22. The van der Waals surface area contributed by atoms with Crippen molar-refractivity contribution < 1.29 is 0 Å². The molecular formula is C21H30N6S. The fraction of sp³-hybridized carbons (Fsp3) is 0.524. The highest BCUT2D eigenvalue weighted by Gasteiger charge is 2.14. The molecule has 1 fully saturated rings. The lowest BCUT2D eigenvalue weighted by atomic mass is 10.1. The Kier molecular flexibility index (Phi) is 7.68. The molecule has 0 saturated carbocycles. The fourth-order valence-electron chi connectivity index (χ4n) is 3.24. The van der Waals surface area contributed by atoms with Crippen molar-refractivity contribution in [2.45, 2.75) is 58.0 Å². The first-order valence-electron chi connectivity index (χ1n) is 10.1. The van der Waals surface area contributed by atoms with E-state index < -0.39 is 0 Å². The van der Waals surface area contributed by atoms with Crippen LogP contribution < -0.4 is 11.1 Å². The van der Waals surface area contributed by atoms with Gasteiger partial charge in [-0.25, -0.2) is 4.98 Å². The van der Waals surface area contributed by atoms with Gasteiger partial charge < -0.3 is 11.1 Å². The highest BCUT2D eigenvalue weighted by Crippen LogP contribution is 2.16. The van der Waals surface area contributed by atoms with Crippen molar-refractivity contribution in [1.29, 1.82) is 0 Å². The van der Waals surface area contributed by atoms with E-state index >= 15 is 0 Å². The van der Waals surface area contributed by atoms with E-state index in [9.17, 15) is 0 Å². The molecule has 7 heteroatoms. The number of pyridine rings is 1. The van der Waals surface area contributed by atoms with Crippen LogP contribution in [0.2, 0.25) is 0 Å². The molecule has 0 bridgehead atoms. The third-order valence-electron chi connectivity index (χ3n) is 5.06. The normalized spacial score (nSPS) is 19.2. The first kappa shape index (κ1) is 20.6. The summed E-state index contributed by atoms with van der Waals surface area (Å²) >= 11 is 1.66. The van der Waals surface area contributed by atoms with Gasteiger partial charge in [-0.05, 0) is 56.3 Å². The van der Waals surface area contributed by atoms with Crippen LogP contribution in [0, 0.1) is 6.92 Å². The summed E-state index contributed by atoms with van der Waals surface area (Å²) < 4.78 is 0. The number of aliphatic imine (C=N–C) groups is 2. The Bertz CT molecular complexity index is 807. The van der Waals surface area contributed by atoms with Gasteiger partial charge in [0.1, 0.15) is 11.5 Å². The Balaban J connectivity index is 1.55. The molecule has 1 aliphatic heterocycles. The molecule has 3 rings (SSSR count). The number of nitrogens with two attached hydrogens (primary N) is 1. The number of piperidine rings is 1. The van der Waals surface area contributed by atoms with Gasteiger partial charge in [-0.2, -0.15) is 0 Å². The van der Waals surface area contributed by atoms with E-state index in [0.29, 0.717) is 11.9 Å². The van der Waals surface area contributed by atoms with Crippen LogP contribution in [0.5, 0.6) is 0 Å². The SMILES string of the molecule is CCC(CCc1nc(C(N)=NC2CCCNC2)cs1)N=Cc1ccncc1C. The van der Waals surface area contributed by atoms with Gasteiger partial charge in [0.2, 0.25) is 0 Å². The predicted octanol–water partition coefficient (Wildman–Crippen LogP) is 3.13. The maximum Gasteiger partial charge on any atom is 0.145 e. The number of aromatic nitrogens is 2. The highest BCUT2D eigenvalue weighted by atomic mass is 32.1. The Morgan fingerprint density at radius 2 is 2.39 bits per heavy atom. The summed E-state index contributed by atoms with van der Waals surface area (Å²) in [6, 6.07) is 2.57. The quantitative estimate of drug-likeness (QED) is 0.528. The van der Waals surface area contributed by atoms with E-state index in [4.69, 9.17) is 15.7 Å². The van der Waals surface area contributed by atoms with Gasteiger partial charge in [-0.15, -0.1) is 11.3 Å². The number of aryl methyl sites for hydroxylation is 2. The van der Waals surface area contributed by atoms with Gasteiger partial charge in [0.15, 0.2) is 0 Å². The summed E-state index contributed by atoms with van der Waals surface area (Å²) in [5.74, 6) is 0.564. The van der Waals surface area contributed by atoms with Gasteiger partial charge in [0, 0.05) is 37.0 Å². The van der Waals surface area contributed by atoms with Gasteiger partial charge in [-0.1, -0.05) is 6.92 Å². The summed E-state index contributed by atoms with van der Waals surface area (Å²) in [5.41, 5.74) is 9.28. The lowest BCUT2D eigenvalue weighted by Gasteiger charge is -2.19. The van der Waals surface area contributed by atoms with E-state index in [2.05, 4.69) is 29.1 Å². The smallest absolute Gasteiger partial charge is 0.145 e. The van der Waals surface area contributed by atoms with E-state index in [1.807, 2.05) is 30.1 Å². The van der Waals surface area contributed by atoms with Crippen LogP contribution in [0.3, 0.4) is 0 Å². The second-order valence-corrected chi connectivity index (χ2v) is 8.19. The first-order valence-corrected chi connectivity index (χ1v) is 11.0. The second-order valence-electron chi connectivity index (χ2n) is 7.25. The van der Waals surface area contributed by atoms with E-state index in [1.54, 1.807) is 11.3 Å². The van der Waals surface area contributed by atoms with E-state index in [0.717, 1.165) is 67.0 Å². The van der Waals surface area contributed by atoms with Crippen molar-refractivity contribution in [2.75, 3.05) is 13.1 Å². The van der Waals surface area contributed by atoms with Crippen LogP contribution in [0.25, 0.3) is 0 Å². The zero-order valence-corrected chi connectivity index (χ0v) is 17.6. The molecule has 2 unspecified atom stereocenters. The Morgan fingerprint density at radius 1 is 1.50 bits per heavy atom. The van der Waals surface area contributed by atoms with Crippen LogP contribution in [-0.4, -0.2) is 47.2 Å². The molecule has 0 spiro atoms. The van der Waals surface area contributed by atoms with Gasteiger partial charge in [0.05, 0.1) is 17.1 Å². The summed E-state index contributed by atoms with van der Waals surface area (Å²) in [7, 11) is 0. The van der Waals surface area contributed by atoms with Crippen molar-refractivity contribution in [3.05, 3.63) is 45.7 Å². The van der Waals surface area contributed by atoms with Gasteiger partial charge in [0.25, 0.3) is 0 Å². The van der Waals surface area contributed by atoms with Crippen LogP contribution in [-0.2, 0) is 6.42 Å². The molecule has 150 valence electrons. The van der Waals surface area contributed by atoms with Crippen LogP contribution in [0.1, 0.15) is 54.4 Å². The molecular weight excluding hydrogens is 368 g/mol. The molecule has 1 aliphatic rings. The number of nitrogens with one attached hydrogen (secondary N) is 1. The van der Waals surface area contributed by atoms with Crippen molar-refractivity contribution in [2.24, 2.45) is 15.7 Å². The number of rotatable bonds is 8. The standard InChI is InChI=1S/C21H30N6S/c1-3-17(25-12-16-8-10-24-11-15(16)2)6-7-20-27-19(14-28-20)21(22)26-18-5-4-9-23-13-18/h8,10-12,14,17-18,23H,3-7,9,13H2,1-2H3,(H2,22,26). The monoisotopic (exact) mass is 398 g/mol. The average molecular weight is 399 g/mol. The number of hydrogen-bond acceptors (Lipinski definition) is 6. The fourth-order valence-corrected chi connectivity index (χ4v) is 4.05. The highest BCUT2D eigenvalue weighted by molar-refractivity contribution is 7.09. The van der Waals surface area contributed by atoms with Crippen LogP contribution >= 0.6 is 11.3 Å². The number of thiazole rings is 1. The van der Waals surface area contributed by atoms with Crippen molar-refractivity contribution >= 4 is 23.4 Å². The lowest BCUT2D eigenvalue weighted by Crippen LogP contribution is -2.34. The minimum absolute atomic E-state index is 0.273. The second kappa shape index (κ2) is 10.4. The van der Waals surface area contributed by atoms with Crippen LogP contribution in [0.4, 0.5) is 0 Å². The van der Waals surface area contributed by atoms with E-state index in [1.165, 1.54) is 0 Å². The van der Waals surface area contributed by atoms with Gasteiger partial charge in [-0.3, -0.25) is 15.0 Å². The zero-order valence-electron chi connectivity index (χ0n) is 16.8. The molecule has 28 heavy (non-hydrogen) atoms. The zero-order chi connectivity index (χ0) is 19.8. The number of amidine groups is 1. The third kappa shape index (κ3) is 5.94. The Hall–Kier alpha value is -2.12. The van der Waals surface area contributed by atoms with Crippen molar-refractivity contribution in [1.82, 2.24) is 15.3 Å². The minimum atomic E-state index is 0.273. The molecule has 3 heterocycles. The maximum atomic E-state index is 6.19. The summed E-state index contributed by atoms with van der Waals surface area (Å²) in [4.78, 5) is 18.3. The molecule has 2 aromatic rings. The molecule has 0 amide bonds. The minimum Gasteiger partial charge on any atom is -0.382 e. The topological polar surface area (TPSA) is 88.5 Å². The van der Waals surface area contributed by atoms with Gasteiger partial charge >= 0.3 is 0 Å². The Morgan fingerprint density at radius 3 is 3.14 bits per heavy atom. The molecule has 0 aliphatic carbocycles. The average Bonchev–Trinajstić information content (AvgIpc) is 3.19. The molecule has 0 aromatic carbocycles. The van der Waals surface area contributed by atoms with Crippen molar-refractivity contribution in [3.63, 3.8) is 0 Å².